The number of fused-ring (bicyclic) bond motifs is 1. The molecule has 31 heavy (non-hydrogen) atoms. The van der Waals surface area contributed by atoms with Crippen LogP contribution in [0.3, 0.4) is 0 Å². The summed E-state index contributed by atoms with van der Waals surface area (Å²) in [5.74, 6) is 2.00. The summed E-state index contributed by atoms with van der Waals surface area (Å²) in [6, 6.07) is 19.8. The molecule has 4 heterocycles. The Morgan fingerprint density at radius 1 is 0.839 bits per heavy atom. The standard InChI is InChI=1S/C24H24N6O/c31-23(29-17-15-28(16-18-29)21-10-4-5-13-25-21)12-11-22-27-20-9-6-14-26-24(20)30(22)19-7-2-1-3-8-19/h1-10,13-14H,11-12,15-18H2. The average Bonchev–Trinajstić information content (AvgIpc) is 3.22. The van der Waals surface area contributed by atoms with Crippen molar-refractivity contribution in [3.05, 3.63) is 78.9 Å². The summed E-state index contributed by atoms with van der Waals surface area (Å²) >= 11 is 0. The SMILES string of the molecule is O=C(CCc1nc2cccnc2n1-c1ccccc1)N1CCN(c2ccccn2)CC1. The van der Waals surface area contributed by atoms with Crippen LogP contribution >= 0.6 is 0 Å². The number of amides is 1. The van der Waals surface area contributed by atoms with Crippen molar-refractivity contribution >= 4 is 22.9 Å². The number of imidazole rings is 1. The van der Waals surface area contributed by atoms with E-state index in [1.165, 1.54) is 0 Å². The van der Waals surface area contributed by atoms with Crippen LogP contribution in [0.25, 0.3) is 16.9 Å². The number of carbonyl (C=O) groups is 1. The number of benzene rings is 1. The molecule has 3 aromatic heterocycles. The van der Waals surface area contributed by atoms with E-state index in [9.17, 15) is 4.79 Å². The van der Waals surface area contributed by atoms with E-state index in [1.807, 2.05) is 65.6 Å². The molecule has 1 amide bonds. The third-order valence-corrected chi connectivity index (χ3v) is 5.67. The van der Waals surface area contributed by atoms with Crippen molar-refractivity contribution in [3.63, 3.8) is 0 Å². The lowest BCUT2D eigenvalue weighted by Crippen LogP contribution is -2.49. The quantitative estimate of drug-likeness (QED) is 0.504. The molecular formula is C24H24N6O. The van der Waals surface area contributed by atoms with Gasteiger partial charge in [0.2, 0.25) is 5.91 Å². The number of rotatable bonds is 5. The largest absolute Gasteiger partial charge is 0.353 e. The number of aromatic nitrogens is 4. The smallest absolute Gasteiger partial charge is 0.223 e. The van der Waals surface area contributed by atoms with Gasteiger partial charge in [0.1, 0.15) is 17.2 Å². The lowest BCUT2D eigenvalue weighted by molar-refractivity contribution is -0.131. The minimum Gasteiger partial charge on any atom is -0.353 e. The molecule has 0 N–H and O–H groups in total. The Balaban J connectivity index is 1.28. The van der Waals surface area contributed by atoms with Crippen LogP contribution in [-0.2, 0) is 11.2 Å². The van der Waals surface area contributed by atoms with Gasteiger partial charge in [0.15, 0.2) is 5.65 Å². The second kappa shape index (κ2) is 8.55. The highest BCUT2D eigenvalue weighted by Crippen LogP contribution is 2.21. The van der Waals surface area contributed by atoms with Crippen molar-refractivity contribution in [2.75, 3.05) is 31.1 Å². The first-order chi connectivity index (χ1) is 15.3. The number of piperazine rings is 1. The van der Waals surface area contributed by atoms with Gasteiger partial charge in [0, 0.05) is 57.1 Å². The van der Waals surface area contributed by atoms with E-state index in [4.69, 9.17) is 4.98 Å². The van der Waals surface area contributed by atoms with Crippen molar-refractivity contribution in [1.82, 2.24) is 24.4 Å². The summed E-state index contributed by atoms with van der Waals surface area (Å²) in [6.45, 7) is 3.03. The van der Waals surface area contributed by atoms with Crippen LogP contribution in [-0.4, -0.2) is 56.5 Å². The van der Waals surface area contributed by atoms with Crippen molar-refractivity contribution < 1.29 is 4.79 Å². The molecule has 156 valence electrons. The van der Waals surface area contributed by atoms with E-state index in [0.717, 1.165) is 41.6 Å². The molecule has 5 rings (SSSR count). The van der Waals surface area contributed by atoms with Crippen LogP contribution < -0.4 is 4.90 Å². The van der Waals surface area contributed by atoms with E-state index in [1.54, 1.807) is 12.4 Å². The number of para-hydroxylation sites is 1. The van der Waals surface area contributed by atoms with Crippen LogP contribution in [0.2, 0.25) is 0 Å². The zero-order valence-electron chi connectivity index (χ0n) is 17.3. The number of carbonyl (C=O) groups excluding carboxylic acids is 1. The molecule has 0 radical (unpaired) electrons. The van der Waals surface area contributed by atoms with E-state index in [2.05, 4.69) is 19.4 Å². The average molecular weight is 412 g/mol. The van der Waals surface area contributed by atoms with Crippen molar-refractivity contribution in [2.24, 2.45) is 0 Å². The molecule has 1 fully saturated rings. The molecule has 4 aromatic rings. The van der Waals surface area contributed by atoms with Crippen molar-refractivity contribution in [1.29, 1.82) is 0 Å². The molecule has 0 unspecified atom stereocenters. The maximum atomic E-state index is 12.9. The molecule has 0 bridgehead atoms. The second-order valence-corrected chi connectivity index (χ2v) is 7.60. The Hall–Kier alpha value is -3.74. The van der Waals surface area contributed by atoms with Gasteiger partial charge in [-0.3, -0.25) is 9.36 Å². The summed E-state index contributed by atoms with van der Waals surface area (Å²) in [4.78, 5) is 30.8. The van der Waals surface area contributed by atoms with Gasteiger partial charge in [0.05, 0.1) is 0 Å². The Morgan fingerprint density at radius 2 is 1.61 bits per heavy atom. The second-order valence-electron chi connectivity index (χ2n) is 7.60. The third-order valence-electron chi connectivity index (χ3n) is 5.67. The maximum absolute atomic E-state index is 12.9. The Morgan fingerprint density at radius 3 is 2.39 bits per heavy atom. The lowest BCUT2D eigenvalue weighted by atomic mass is 10.2. The monoisotopic (exact) mass is 412 g/mol. The molecule has 1 saturated heterocycles. The number of pyridine rings is 2. The van der Waals surface area contributed by atoms with Gasteiger partial charge in [-0.2, -0.15) is 0 Å². The van der Waals surface area contributed by atoms with E-state index >= 15 is 0 Å². The van der Waals surface area contributed by atoms with Gasteiger partial charge in [-0.15, -0.1) is 0 Å². The summed E-state index contributed by atoms with van der Waals surface area (Å²) in [5, 5.41) is 0. The fourth-order valence-corrected chi connectivity index (χ4v) is 4.08. The van der Waals surface area contributed by atoms with Crippen molar-refractivity contribution in [3.8, 4) is 5.69 Å². The van der Waals surface area contributed by atoms with Crippen LogP contribution in [0.4, 0.5) is 5.82 Å². The number of anilines is 1. The minimum absolute atomic E-state index is 0.167. The van der Waals surface area contributed by atoms with Crippen LogP contribution in [0.1, 0.15) is 12.2 Å². The van der Waals surface area contributed by atoms with E-state index in [-0.39, 0.29) is 5.91 Å². The summed E-state index contributed by atoms with van der Waals surface area (Å²) < 4.78 is 2.06. The summed E-state index contributed by atoms with van der Waals surface area (Å²) in [6.07, 6.45) is 4.59. The fraction of sp³-hybridized carbons (Fsp3) is 0.250. The number of hydrogen-bond acceptors (Lipinski definition) is 5. The molecule has 1 aliphatic heterocycles. The van der Waals surface area contributed by atoms with Gasteiger partial charge < -0.3 is 9.80 Å². The highest BCUT2D eigenvalue weighted by atomic mass is 16.2. The normalized spacial score (nSPS) is 14.2. The van der Waals surface area contributed by atoms with Gasteiger partial charge in [-0.25, -0.2) is 15.0 Å². The predicted octanol–water partition coefficient (Wildman–Crippen LogP) is 3.10. The summed E-state index contributed by atoms with van der Waals surface area (Å²) in [5.41, 5.74) is 2.67. The predicted molar refractivity (Wildman–Crippen MR) is 120 cm³/mol. The van der Waals surface area contributed by atoms with Gasteiger partial charge in [-0.1, -0.05) is 24.3 Å². The van der Waals surface area contributed by atoms with Crippen LogP contribution in [0, 0.1) is 0 Å². The van der Waals surface area contributed by atoms with Crippen molar-refractivity contribution in [2.45, 2.75) is 12.8 Å². The lowest BCUT2D eigenvalue weighted by Gasteiger charge is -2.35. The highest BCUT2D eigenvalue weighted by molar-refractivity contribution is 5.77. The molecule has 1 aromatic carbocycles. The highest BCUT2D eigenvalue weighted by Gasteiger charge is 2.22. The number of hydrogen-bond donors (Lipinski definition) is 0. The molecule has 0 spiro atoms. The topological polar surface area (TPSA) is 67.2 Å². The molecule has 7 nitrogen and oxygen atoms in total. The van der Waals surface area contributed by atoms with E-state index in [0.29, 0.717) is 25.9 Å². The molecular weight excluding hydrogens is 388 g/mol. The van der Waals surface area contributed by atoms with E-state index < -0.39 is 0 Å². The first kappa shape index (κ1) is 19.2. The van der Waals surface area contributed by atoms with Gasteiger partial charge in [-0.05, 0) is 36.4 Å². The van der Waals surface area contributed by atoms with Crippen LogP contribution in [0.15, 0.2) is 73.1 Å². The van der Waals surface area contributed by atoms with Gasteiger partial charge >= 0.3 is 0 Å². The Labute approximate surface area is 181 Å². The zero-order valence-corrected chi connectivity index (χ0v) is 17.3. The number of nitrogens with zero attached hydrogens (tertiary/aromatic N) is 6. The Kier molecular flexibility index (Phi) is 5.31. The fourth-order valence-electron chi connectivity index (χ4n) is 4.08. The molecule has 0 atom stereocenters. The molecule has 0 saturated carbocycles. The first-order valence-corrected chi connectivity index (χ1v) is 10.6. The molecule has 0 aliphatic carbocycles. The molecule has 1 aliphatic rings. The van der Waals surface area contributed by atoms with Gasteiger partial charge in [0.25, 0.3) is 0 Å². The first-order valence-electron chi connectivity index (χ1n) is 10.6. The minimum atomic E-state index is 0.167. The van der Waals surface area contributed by atoms with Crippen LogP contribution in [0.5, 0.6) is 0 Å². The molecule has 7 heteroatoms. The Bertz CT molecular complexity index is 1170. The number of aryl methyl sites for hydroxylation is 1. The summed E-state index contributed by atoms with van der Waals surface area (Å²) in [7, 11) is 0. The third kappa shape index (κ3) is 3.99. The maximum Gasteiger partial charge on any atom is 0.223 e. The zero-order chi connectivity index (χ0) is 21.0.